The van der Waals surface area contributed by atoms with E-state index in [0.29, 0.717) is 12.8 Å². The van der Waals surface area contributed by atoms with Gasteiger partial charge in [-0.25, -0.2) is 9.59 Å². The molecule has 1 aliphatic rings. The summed E-state index contributed by atoms with van der Waals surface area (Å²) in [5.41, 5.74) is -2.58. The molecule has 24 heavy (non-hydrogen) atoms. The molecule has 0 saturated carbocycles. The standard InChI is InChI=1S/C16H26N2O4S2/c1-7-9(3)15(13(19)21-5)11(23)18-16(10(4)8-2,12(24)17-15)14(20)22-6/h9-10H,7-8H2,1-6H3,(H,17,24)(H,18,23)/t9-,10-,15-,16+/m0/s1. The number of rotatable bonds is 6. The molecule has 1 aliphatic heterocycles. The summed E-state index contributed by atoms with van der Waals surface area (Å²) in [5, 5.41) is 6.11. The van der Waals surface area contributed by atoms with Gasteiger partial charge >= 0.3 is 11.9 Å². The molecule has 4 atom stereocenters. The Labute approximate surface area is 154 Å². The van der Waals surface area contributed by atoms with E-state index >= 15 is 0 Å². The minimum Gasteiger partial charge on any atom is -0.467 e. The highest BCUT2D eigenvalue weighted by molar-refractivity contribution is 7.81. The summed E-state index contributed by atoms with van der Waals surface area (Å²) in [7, 11) is 2.60. The number of hydrogen-bond acceptors (Lipinski definition) is 6. The third-order valence-corrected chi connectivity index (χ3v) is 5.90. The molecule has 0 aromatic carbocycles. The summed E-state index contributed by atoms with van der Waals surface area (Å²) in [5.74, 6) is -1.43. The fourth-order valence-electron chi connectivity index (χ4n) is 2.99. The van der Waals surface area contributed by atoms with Crippen molar-refractivity contribution in [2.45, 2.75) is 51.6 Å². The van der Waals surface area contributed by atoms with E-state index in [2.05, 4.69) is 10.6 Å². The second kappa shape index (κ2) is 7.74. The average molecular weight is 375 g/mol. The molecule has 0 aliphatic carbocycles. The lowest BCUT2D eigenvalue weighted by atomic mass is 9.74. The van der Waals surface area contributed by atoms with Crippen molar-refractivity contribution in [3.05, 3.63) is 0 Å². The molecule has 2 N–H and O–H groups in total. The van der Waals surface area contributed by atoms with Crippen LogP contribution in [0.5, 0.6) is 0 Å². The van der Waals surface area contributed by atoms with E-state index < -0.39 is 23.0 Å². The van der Waals surface area contributed by atoms with Gasteiger partial charge in [-0.05, 0) is 11.8 Å². The molecular formula is C16H26N2O4S2. The van der Waals surface area contributed by atoms with Crippen LogP contribution in [0, 0.1) is 11.8 Å². The van der Waals surface area contributed by atoms with Crippen LogP contribution in [0.4, 0.5) is 0 Å². The maximum absolute atomic E-state index is 12.5. The highest BCUT2D eigenvalue weighted by atomic mass is 32.1. The molecule has 0 radical (unpaired) electrons. The number of nitrogens with one attached hydrogen (secondary N) is 2. The van der Waals surface area contributed by atoms with Crippen LogP contribution in [0.1, 0.15) is 40.5 Å². The molecule has 1 rings (SSSR count). The third kappa shape index (κ3) is 2.90. The van der Waals surface area contributed by atoms with E-state index in [1.54, 1.807) is 0 Å². The number of thiocarbonyl (C=S) groups is 2. The van der Waals surface area contributed by atoms with Gasteiger partial charge in [-0.1, -0.05) is 65.0 Å². The average Bonchev–Trinajstić information content (AvgIpc) is 2.60. The molecule has 6 nitrogen and oxygen atoms in total. The number of carbonyl (C=O) groups is 2. The molecule has 1 heterocycles. The van der Waals surface area contributed by atoms with Gasteiger partial charge < -0.3 is 20.1 Å². The smallest absolute Gasteiger partial charge is 0.338 e. The molecule has 0 spiro atoms. The molecule has 1 fully saturated rings. The molecule has 0 bridgehead atoms. The fourth-order valence-corrected chi connectivity index (χ4v) is 3.98. The van der Waals surface area contributed by atoms with Crippen LogP contribution in [-0.4, -0.2) is 47.2 Å². The van der Waals surface area contributed by atoms with Crippen molar-refractivity contribution in [2.75, 3.05) is 14.2 Å². The van der Waals surface area contributed by atoms with Gasteiger partial charge in [-0.15, -0.1) is 0 Å². The quantitative estimate of drug-likeness (QED) is 0.538. The molecule has 0 unspecified atom stereocenters. The van der Waals surface area contributed by atoms with Crippen LogP contribution in [-0.2, 0) is 19.1 Å². The first-order chi connectivity index (χ1) is 11.2. The largest absolute Gasteiger partial charge is 0.467 e. The van der Waals surface area contributed by atoms with E-state index in [-0.39, 0.29) is 21.8 Å². The summed E-state index contributed by atoms with van der Waals surface area (Å²) in [4.78, 5) is 25.5. The molecule has 0 amide bonds. The summed E-state index contributed by atoms with van der Waals surface area (Å²) >= 11 is 11.0. The minimum absolute atomic E-state index is 0.185. The van der Waals surface area contributed by atoms with Gasteiger partial charge in [-0.3, -0.25) is 0 Å². The second-order valence-electron chi connectivity index (χ2n) is 6.13. The number of hydrogen-bond donors (Lipinski definition) is 2. The van der Waals surface area contributed by atoms with Gasteiger partial charge in [0.05, 0.1) is 14.2 Å². The van der Waals surface area contributed by atoms with Crippen molar-refractivity contribution < 1.29 is 19.1 Å². The SMILES string of the molecule is CC[C@H](C)[C@]1(C(=O)OC)NC(=S)[C@@](C(=O)OC)([C@@H](C)CC)NC1=S. The van der Waals surface area contributed by atoms with Gasteiger partial charge in [0.15, 0.2) is 11.1 Å². The van der Waals surface area contributed by atoms with Crippen molar-refractivity contribution in [3.63, 3.8) is 0 Å². The van der Waals surface area contributed by atoms with Crippen molar-refractivity contribution in [2.24, 2.45) is 11.8 Å². The lowest BCUT2D eigenvalue weighted by Crippen LogP contribution is -2.81. The zero-order chi connectivity index (χ0) is 18.7. The van der Waals surface area contributed by atoms with E-state index in [1.807, 2.05) is 27.7 Å². The Morgan fingerprint density at radius 3 is 1.42 bits per heavy atom. The topological polar surface area (TPSA) is 76.7 Å². The summed E-state index contributed by atoms with van der Waals surface area (Å²) in [6.07, 6.45) is 1.34. The number of methoxy groups -OCH3 is 2. The highest BCUT2D eigenvalue weighted by Gasteiger charge is 2.61. The van der Waals surface area contributed by atoms with Crippen LogP contribution in [0.3, 0.4) is 0 Å². The maximum Gasteiger partial charge on any atom is 0.338 e. The van der Waals surface area contributed by atoms with Gasteiger partial charge in [0.25, 0.3) is 0 Å². The van der Waals surface area contributed by atoms with Gasteiger partial charge in [-0.2, -0.15) is 0 Å². The lowest BCUT2D eigenvalue weighted by Gasteiger charge is -2.50. The Hall–Kier alpha value is -1.28. The summed E-state index contributed by atoms with van der Waals surface area (Å²) < 4.78 is 9.94. The fraction of sp³-hybridized carbons (Fsp3) is 0.750. The second-order valence-corrected chi connectivity index (χ2v) is 6.94. The monoisotopic (exact) mass is 374 g/mol. The predicted molar refractivity (Wildman–Crippen MR) is 99.9 cm³/mol. The maximum atomic E-state index is 12.5. The van der Waals surface area contributed by atoms with Crippen LogP contribution < -0.4 is 10.6 Å². The number of piperazine rings is 1. The first kappa shape index (κ1) is 20.8. The first-order valence-corrected chi connectivity index (χ1v) is 8.82. The number of esters is 2. The normalized spacial score (nSPS) is 29.1. The van der Waals surface area contributed by atoms with Crippen LogP contribution in [0.15, 0.2) is 0 Å². The Bertz CT molecular complexity index is 506. The molecule has 0 aromatic rings. The van der Waals surface area contributed by atoms with E-state index in [0.717, 1.165) is 0 Å². The predicted octanol–water partition coefficient (Wildman–Crippen LogP) is 1.75. The van der Waals surface area contributed by atoms with Crippen LogP contribution >= 0.6 is 24.4 Å². The summed E-state index contributed by atoms with van der Waals surface area (Å²) in [6.45, 7) is 7.66. The number of ether oxygens (including phenoxy) is 2. The van der Waals surface area contributed by atoms with Crippen molar-refractivity contribution in [1.82, 2.24) is 10.6 Å². The third-order valence-electron chi connectivity index (χ3n) is 5.06. The Balaban J connectivity index is 3.48. The van der Waals surface area contributed by atoms with Crippen LogP contribution in [0.25, 0.3) is 0 Å². The van der Waals surface area contributed by atoms with Gasteiger partial charge in [0, 0.05) is 0 Å². The molecular weight excluding hydrogens is 348 g/mol. The lowest BCUT2D eigenvalue weighted by molar-refractivity contribution is -0.150. The van der Waals surface area contributed by atoms with Crippen molar-refractivity contribution in [1.29, 1.82) is 0 Å². The van der Waals surface area contributed by atoms with Gasteiger partial charge in [0.2, 0.25) is 0 Å². The highest BCUT2D eigenvalue weighted by Crippen LogP contribution is 2.34. The summed E-state index contributed by atoms with van der Waals surface area (Å²) in [6, 6.07) is 0. The van der Waals surface area contributed by atoms with Crippen molar-refractivity contribution in [3.8, 4) is 0 Å². The van der Waals surface area contributed by atoms with Crippen molar-refractivity contribution >= 4 is 46.4 Å². The Kier molecular flexibility index (Phi) is 6.69. The van der Waals surface area contributed by atoms with Gasteiger partial charge in [0.1, 0.15) is 9.98 Å². The van der Waals surface area contributed by atoms with E-state index in [1.165, 1.54) is 14.2 Å². The number of carbonyl (C=O) groups excluding carboxylic acids is 2. The van der Waals surface area contributed by atoms with Crippen LogP contribution in [0.2, 0.25) is 0 Å². The van der Waals surface area contributed by atoms with E-state index in [4.69, 9.17) is 33.9 Å². The Morgan fingerprint density at radius 2 is 1.21 bits per heavy atom. The molecule has 136 valence electrons. The Morgan fingerprint density at radius 1 is 0.917 bits per heavy atom. The molecule has 0 aromatic heterocycles. The molecule has 8 heteroatoms. The minimum atomic E-state index is -1.29. The van der Waals surface area contributed by atoms with E-state index in [9.17, 15) is 9.59 Å². The zero-order valence-electron chi connectivity index (χ0n) is 15.0. The first-order valence-electron chi connectivity index (χ1n) is 8.00. The zero-order valence-corrected chi connectivity index (χ0v) is 16.7. The molecule has 1 saturated heterocycles.